The van der Waals surface area contributed by atoms with Gasteiger partial charge in [0.1, 0.15) is 18.1 Å². The van der Waals surface area contributed by atoms with E-state index in [4.69, 9.17) is 16.3 Å². The molecule has 3 aliphatic carbocycles. The highest BCUT2D eigenvalue weighted by molar-refractivity contribution is 6.31. The Morgan fingerprint density at radius 3 is 2.83 bits per heavy atom. The smallest absolute Gasteiger partial charge is 0.272 e. The molecule has 2 heterocycles. The van der Waals surface area contributed by atoms with Gasteiger partial charge in [-0.05, 0) is 67.5 Å². The van der Waals surface area contributed by atoms with E-state index < -0.39 is 0 Å². The van der Waals surface area contributed by atoms with Crippen molar-refractivity contribution in [3.05, 3.63) is 59.0 Å². The van der Waals surface area contributed by atoms with Gasteiger partial charge < -0.3 is 10.1 Å². The summed E-state index contributed by atoms with van der Waals surface area (Å²) in [6.45, 7) is 1.95. The summed E-state index contributed by atoms with van der Waals surface area (Å²) in [5, 5.41) is 7.99. The summed E-state index contributed by atoms with van der Waals surface area (Å²) in [6.07, 6.45) is 6.11. The molecule has 154 valence electrons. The van der Waals surface area contributed by atoms with Crippen molar-refractivity contribution in [3.63, 3.8) is 0 Å². The van der Waals surface area contributed by atoms with Crippen molar-refractivity contribution in [2.45, 2.75) is 38.1 Å². The lowest BCUT2D eigenvalue weighted by Crippen LogP contribution is -2.75. The van der Waals surface area contributed by atoms with Crippen LogP contribution in [0.2, 0.25) is 5.02 Å². The van der Waals surface area contributed by atoms with E-state index >= 15 is 0 Å². The van der Waals surface area contributed by atoms with Crippen LogP contribution < -0.4 is 10.1 Å². The third-order valence-corrected chi connectivity index (χ3v) is 6.55. The minimum Gasteiger partial charge on any atom is -0.486 e. The van der Waals surface area contributed by atoms with Gasteiger partial charge in [0.15, 0.2) is 11.4 Å². The molecule has 3 fully saturated rings. The molecule has 8 heteroatoms. The Morgan fingerprint density at radius 1 is 1.27 bits per heavy atom. The number of hydrogen-bond acceptors (Lipinski definition) is 5. The fourth-order valence-corrected chi connectivity index (χ4v) is 5.06. The summed E-state index contributed by atoms with van der Waals surface area (Å²) in [5.74, 6) is 0.545. The highest BCUT2D eigenvalue weighted by Gasteiger charge is 2.68. The molecule has 2 aromatic heterocycles. The molecule has 30 heavy (non-hydrogen) atoms. The average Bonchev–Trinajstić information content (AvgIpc) is 3.10. The van der Waals surface area contributed by atoms with Crippen LogP contribution in [0.3, 0.4) is 0 Å². The lowest BCUT2D eigenvalue weighted by atomic mass is 9.38. The maximum atomic E-state index is 12.7. The number of benzene rings is 1. The number of aromatic nitrogens is 3. The molecule has 7 nitrogen and oxygen atoms in total. The number of nitrogens with zero attached hydrogens (tertiary/aromatic N) is 3. The first-order valence-electron chi connectivity index (χ1n) is 9.89. The molecule has 0 atom stereocenters. The number of carbonyl (C=O) groups excluding carboxylic acids is 2. The van der Waals surface area contributed by atoms with Gasteiger partial charge in [-0.15, -0.1) is 0 Å². The van der Waals surface area contributed by atoms with E-state index in [9.17, 15) is 9.59 Å². The van der Waals surface area contributed by atoms with E-state index in [1.54, 1.807) is 30.5 Å². The molecule has 2 bridgehead atoms. The number of ketones is 1. The summed E-state index contributed by atoms with van der Waals surface area (Å²) in [4.78, 5) is 29.3. The van der Waals surface area contributed by atoms with Crippen LogP contribution in [-0.4, -0.2) is 38.4 Å². The molecule has 1 amide bonds. The molecule has 3 aromatic rings. The SMILES string of the molecule is Cc1cc(OCC(=O)CC23CC(NC(=O)c4cnc5cccnn45)(C2)C3)ccc1Cl. The van der Waals surface area contributed by atoms with E-state index in [2.05, 4.69) is 15.4 Å². The molecular weight excluding hydrogens is 404 g/mol. The largest absolute Gasteiger partial charge is 0.486 e. The van der Waals surface area contributed by atoms with Crippen LogP contribution in [0.25, 0.3) is 5.65 Å². The second-order valence-corrected chi connectivity index (χ2v) is 9.02. The Kier molecular flexibility index (Phi) is 4.32. The van der Waals surface area contributed by atoms with Gasteiger partial charge in [-0.25, -0.2) is 9.50 Å². The van der Waals surface area contributed by atoms with Crippen molar-refractivity contribution in [2.24, 2.45) is 5.41 Å². The maximum Gasteiger partial charge on any atom is 0.272 e. The average molecular weight is 425 g/mol. The van der Waals surface area contributed by atoms with Crippen molar-refractivity contribution >= 4 is 28.9 Å². The van der Waals surface area contributed by atoms with Gasteiger partial charge in [-0.1, -0.05) is 11.6 Å². The summed E-state index contributed by atoms with van der Waals surface area (Å²) in [6, 6.07) is 8.95. The fraction of sp³-hybridized carbons (Fsp3) is 0.364. The predicted molar refractivity (Wildman–Crippen MR) is 111 cm³/mol. The highest BCUT2D eigenvalue weighted by Crippen LogP contribution is 2.69. The second-order valence-electron chi connectivity index (χ2n) is 8.62. The van der Waals surface area contributed by atoms with Crippen molar-refractivity contribution in [2.75, 3.05) is 6.61 Å². The van der Waals surface area contributed by atoms with Crippen LogP contribution in [0, 0.1) is 12.3 Å². The number of hydrogen-bond donors (Lipinski definition) is 1. The van der Waals surface area contributed by atoms with Gasteiger partial charge in [-0.2, -0.15) is 5.10 Å². The number of rotatable bonds is 7. The Hall–Kier alpha value is -2.93. The monoisotopic (exact) mass is 424 g/mol. The van der Waals surface area contributed by atoms with Gasteiger partial charge in [-0.3, -0.25) is 9.59 Å². The first-order valence-corrected chi connectivity index (χ1v) is 10.3. The molecule has 3 saturated carbocycles. The standard InChI is InChI=1S/C22H21ClN4O3/c1-14-7-16(4-5-17(14)23)30-10-15(28)8-21-11-22(12-21,13-21)26-20(29)18-9-24-19-3-2-6-25-27(18)19/h2-7,9H,8,10-13H2,1H3,(H,26,29). The highest BCUT2D eigenvalue weighted by atomic mass is 35.5. The second kappa shape index (κ2) is 6.80. The molecule has 1 N–H and O–H groups in total. The topological polar surface area (TPSA) is 85.6 Å². The number of halogens is 1. The third-order valence-electron chi connectivity index (χ3n) is 6.13. The van der Waals surface area contributed by atoms with Gasteiger partial charge in [0.2, 0.25) is 0 Å². The number of ether oxygens (including phenoxy) is 1. The summed E-state index contributed by atoms with van der Waals surface area (Å²) < 4.78 is 7.16. The quantitative estimate of drug-likeness (QED) is 0.628. The van der Waals surface area contributed by atoms with E-state index in [-0.39, 0.29) is 29.3 Å². The van der Waals surface area contributed by atoms with E-state index in [1.807, 2.05) is 13.0 Å². The molecule has 3 aliphatic rings. The molecule has 6 rings (SSSR count). The number of Topliss-reactive ketones (excluding diaryl/α,β-unsaturated/α-hetero) is 1. The molecule has 0 unspecified atom stereocenters. The van der Waals surface area contributed by atoms with Crippen molar-refractivity contribution < 1.29 is 14.3 Å². The fourth-order valence-electron chi connectivity index (χ4n) is 4.95. The summed E-state index contributed by atoms with van der Waals surface area (Å²) >= 11 is 6.01. The van der Waals surface area contributed by atoms with E-state index in [1.165, 1.54) is 10.7 Å². The number of carbonyl (C=O) groups is 2. The molecule has 0 saturated heterocycles. The number of amides is 1. The maximum absolute atomic E-state index is 12.7. The van der Waals surface area contributed by atoms with Gasteiger partial charge in [0.25, 0.3) is 5.91 Å². The van der Waals surface area contributed by atoms with Crippen molar-refractivity contribution in [1.29, 1.82) is 0 Å². The normalized spacial score (nSPS) is 24.1. The van der Waals surface area contributed by atoms with Crippen molar-refractivity contribution in [3.8, 4) is 5.75 Å². The number of aryl methyl sites for hydroxylation is 1. The zero-order valence-corrected chi connectivity index (χ0v) is 17.3. The zero-order valence-electron chi connectivity index (χ0n) is 16.5. The minimum absolute atomic E-state index is 0.00136. The molecule has 1 aromatic carbocycles. The predicted octanol–water partition coefficient (Wildman–Crippen LogP) is 3.38. The third kappa shape index (κ3) is 3.23. The van der Waals surface area contributed by atoms with Crippen LogP contribution >= 0.6 is 11.6 Å². The number of nitrogens with one attached hydrogen (secondary N) is 1. The zero-order chi connectivity index (χ0) is 20.9. The van der Waals surface area contributed by atoms with Gasteiger partial charge in [0, 0.05) is 23.2 Å². The number of fused-ring (bicyclic) bond motifs is 1. The van der Waals surface area contributed by atoms with Crippen LogP contribution in [-0.2, 0) is 4.79 Å². The van der Waals surface area contributed by atoms with E-state index in [0.29, 0.717) is 28.5 Å². The van der Waals surface area contributed by atoms with Gasteiger partial charge >= 0.3 is 0 Å². The van der Waals surface area contributed by atoms with Crippen LogP contribution in [0.4, 0.5) is 0 Å². The van der Waals surface area contributed by atoms with Crippen LogP contribution in [0.15, 0.2) is 42.7 Å². The summed E-state index contributed by atoms with van der Waals surface area (Å²) in [7, 11) is 0. The molecule has 0 spiro atoms. The van der Waals surface area contributed by atoms with Gasteiger partial charge in [0.05, 0.1) is 6.20 Å². The molecule has 0 aliphatic heterocycles. The Labute approximate surface area is 178 Å². The summed E-state index contributed by atoms with van der Waals surface area (Å²) in [5.41, 5.74) is 1.77. The first-order chi connectivity index (χ1) is 14.4. The van der Waals surface area contributed by atoms with Crippen LogP contribution in [0.5, 0.6) is 5.75 Å². The Bertz CT molecular complexity index is 1150. The van der Waals surface area contributed by atoms with E-state index in [0.717, 1.165) is 24.8 Å². The molecule has 0 radical (unpaired) electrons. The Morgan fingerprint density at radius 2 is 2.07 bits per heavy atom. The Balaban J connectivity index is 1.13. The van der Waals surface area contributed by atoms with Crippen LogP contribution in [0.1, 0.15) is 41.7 Å². The lowest BCUT2D eigenvalue weighted by Gasteiger charge is -2.70. The minimum atomic E-state index is -0.204. The first kappa shape index (κ1) is 19.1. The van der Waals surface area contributed by atoms with Crippen molar-refractivity contribution in [1.82, 2.24) is 19.9 Å². The lowest BCUT2D eigenvalue weighted by molar-refractivity contribution is -0.162. The molecular formula is C22H21ClN4O3. The number of imidazole rings is 1.